The second kappa shape index (κ2) is 5.98. The van der Waals surface area contributed by atoms with Crippen molar-refractivity contribution in [3.8, 4) is 0 Å². The Morgan fingerprint density at radius 3 is 2.78 bits per heavy atom. The molecule has 0 amide bonds. The standard InChI is InChI=1S/C12H10Cl2O4/c13-9-2-1-8(5-10(9)14)6-18-12(15)11-7-16-3-4-17-11/h1-2,5,7H,3-4,6H2. The summed E-state index contributed by atoms with van der Waals surface area (Å²) < 4.78 is 15.1. The molecule has 4 nitrogen and oxygen atoms in total. The topological polar surface area (TPSA) is 44.8 Å². The Balaban J connectivity index is 1.92. The summed E-state index contributed by atoms with van der Waals surface area (Å²) in [7, 11) is 0. The molecule has 0 bridgehead atoms. The number of carbonyl (C=O) groups excluding carboxylic acids is 1. The summed E-state index contributed by atoms with van der Waals surface area (Å²) >= 11 is 11.6. The smallest absolute Gasteiger partial charge is 0.377 e. The molecular formula is C12H10Cl2O4. The van der Waals surface area contributed by atoms with Crippen LogP contribution in [0.1, 0.15) is 5.56 Å². The molecule has 0 unspecified atom stereocenters. The molecule has 6 heteroatoms. The summed E-state index contributed by atoms with van der Waals surface area (Å²) in [5, 5.41) is 0.875. The Morgan fingerprint density at radius 1 is 1.28 bits per heavy atom. The Bertz CT molecular complexity index is 485. The summed E-state index contributed by atoms with van der Waals surface area (Å²) in [6.07, 6.45) is 1.25. The summed E-state index contributed by atoms with van der Waals surface area (Å²) in [6, 6.07) is 5.02. The van der Waals surface area contributed by atoms with E-state index in [1.54, 1.807) is 18.2 Å². The zero-order valence-corrected chi connectivity index (χ0v) is 10.8. The number of hydrogen-bond acceptors (Lipinski definition) is 4. The van der Waals surface area contributed by atoms with Crippen molar-refractivity contribution in [3.05, 3.63) is 45.8 Å². The van der Waals surface area contributed by atoms with E-state index in [9.17, 15) is 4.79 Å². The van der Waals surface area contributed by atoms with Gasteiger partial charge in [0.1, 0.15) is 26.1 Å². The van der Waals surface area contributed by atoms with E-state index in [-0.39, 0.29) is 12.4 Å². The third-order valence-corrected chi connectivity index (χ3v) is 2.94. The van der Waals surface area contributed by atoms with Gasteiger partial charge in [0.25, 0.3) is 0 Å². The second-order valence-corrected chi connectivity index (χ2v) is 4.34. The quantitative estimate of drug-likeness (QED) is 0.803. The predicted molar refractivity (Wildman–Crippen MR) is 66.2 cm³/mol. The molecule has 0 aliphatic carbocycles. The van der Waals surface area contributed by atoms with Crippen molar-refractivity contribution in [2.75, 3.05) is 13.2 Å². The van der Waals surface area contributed by atoms with Gasteiger partial charge in [-0.2, -0.15) is 0 Å². The van der Waals surface area contributed by atoms with Crippen LogP contribution in [0.5, 0.6) is 0 Å². The molecule has 18 heavy (non-hydrogen) atoms. The summed E-state index contributed by atoms with van der Waals surface area (Å²) in [4.78, 5) is 11.6. The molecular weight excluding hydrogens is 279 g/mol. The van der Waals surface area contributed by atoms with Crippen molar-refractivity contribution in [1.82, 2.24) is 0 Å². The van der Waals surface area contributed by atoms with Gasteiger partial charge >= 0.3 is 5.97 Å². The SMILES string of the molecule is O=C(OCc1ccc(Cl)c(Cl)c1)C1=COCCO1. The molecule has 0 fully saturated rings. The maximum Gasteiger partial charge on any atom is 0.377 e. The third kappa shape index (κ3) is 3.31. The number of ether oxygens (including phenoxy) is 3. The van der Waals surface area contributed by atoms with Crippen molar-refractivity contribution in [1.29, 1.82) is 0 Å². The highest BCUT2D eigenvalue weighted by Crippen LogP contribution is 2.23. The fraction of sp³-hybridized carbons (Fsp3) is 0.250. The maximum absolute atomic E-state index is 11.6. The van der Waals surface area contributed by atoms with E-state index in [4.69, 9.17) is 37.4 Å². The van der Waals surface area contributed by atoms with Gasteiger partial charge < -0.3 is 14.2 Å². The minimum absolute atomic E-state index is 0.0707. The monoisotopic (exact) mass is 288 g/mol. The predicted octanol–water partition coefficient (Wildman–Crippen LogP) is 2.92. The van der Waals surface area contributed by atoms with E-state index in [0.717, 1.165) is 5.56 Å². The highest BCUT2D eigenvalue weighted by Gasteiger charge is 2.16. The molecule has 0 N–H and O–H groups in total. The van der Waals surface area contributed by atoms with Gasteiger partial charge in [-0.05, 0) is 17.7 Å². The summed E-state index contributed by atoms with van der Waals surface area (Å²) in [5.74, 6) is -0.498. The van der Waals surface area contributed by atoms with E-state index in [1.165, 1.54) is 6.26 Å². The average molecular weight is 289 g/mol. The minimum atomic E-state index is -0.569. The molecule has 1 aromatic rings. The van der Waals surface area contributed by atoms with Crippen LogP contribution >= 0.6 is 23.2 Å². The van der Waals surface area contributed by atoms with Crippen LogP contribution in [-0.4, -0.2) is 19.2 Å². The van der Waals surface area contributed by atoms with E-state index < -0.39 is 5.97 Å². The van der Waals surface area contributed by atoms with E-state index in [0.29, 0.717) is 23.3 Å². The summed E-state index contributed by atoms with van der Waals surface area (Å²) in [5.41, 5.74) is 0.745. The van der Waals surface area contributed by atoms with Crippen LogP contribution in [0, 0.1) is 0 Å². The fourth-order valence-electron chi connectivity index (χ4n) is 1.32. The highest BCUT2D eigenvalue weighted by atomic mass is 35.5. The maximum atomic E-state index is 11.6. The van der Waals surface area contributed by atoms with Crippen LogP contribution in [0.4, 0.5) is 0 Å². The average Bonchev–Trinajstić information content (AvgIpc) is 2.41. The lowest BCUT2D eigenvalue weighted by atomic mass is 10.2. The van der Waals surface area contributed by atoms with Gasteiger partial charge in [0, 0.05) is 0 Å². The van der Waals surface area contributed by atoms with Crippen LogP contribution < -0.4 is 0 Å². The molecule has 1 aliphatic heterocycles. The van der Waals surface area contributed by atoms with Crippen molar-refractivity contribution in [2.45, 2.75) is 6.61 Å². The minimum Gasteiger partial charge on any atom is -0.493 e. The van der Waals surface area contributed by atoms with Gasteiger partial charge in [-0.1, -0.05) is 29.3 Å². The number of carbonyl (C=O) groups is 1. The Labute approximate surface area is 114 Å². The normalized spacial score (nSPS) is 14.2. The molecule has 0 spiro atoms. The Morgan fingerprint density at radius 2 is 2.11 bits per heavy atom. The van der Waals surface area contributed by atoms with E-state index in [1.807, 2.05) is 0 Å². The molecule has 1 heterocycles. The van der Waals surface area contributed by atoms with Gasteiger partial charge in [-0.15, -0.1) is 0 Å². The van der Waals surface area contributed by atoms with Crippen molar-refractivity contribution in [3.63, 3.8) is 0 Å². The first kappa shape index (κ1) is 13.1. The number of hydrogen-bond donors (Lipinski definition) is 0. The van der Waals surface area contributed by atoms with Crippen molar-refractivity contribution in [2.24, 2.45) is 0 Å². The van der Waals surface area contributed by atoms with Crippen molar-refractivity contribution < 1.29 is 19.0 Å². The molecule has 0 saturated carbocycles. The molecule has 96 valence electrons. The third-order valence-electron chi connectivity index (χ3n) is 2.20. The van der Waals surface area contributed by atoms with Crippen LogP contribution in [0.15, 0.2) is 30.2 Å². The van der Waals surface area contributed by atoms with Crippen molar-refractivity contribution >= 4 is 29.2 Å². The molecule has 0 saturated heterocycles. The van der Waals surface area contributed by atoms with E-state index >= 15 is 0 Å². The number of halogens is 2. The zero-order valence-electron chi connectivity index (χ0n) is 9.32. The molecule has 2 rings (SSSR count). The van der Waals surface area contributed by atoms with Crippen LogP contribution in [0.3, 0.4) is 0 Å². The Kier molecular flexibility index (Phi) is 4.33. The number of rotatable bonds is 3. The first-order chi connectivity index (χ1) is 8.66. The van der Waals surface area contributed by atoms with Gasteiger partial charge in [0.2, 0.25) is 5.76 Å². The molecule has 1 aliphatic rings. The first-order valence-corrected chi connectivity index (χ1v) is 5.98. The van der Waals surface area contributed by atoms with Crippen LogP contribution in [0.25, 0.3) is 0 Å². The zero-order chi connectivity index (χ0) is 13.0. The molecule has 1 aromatic carbocycles. The highest BCUT2D eigenvalue weighted by molar-refractivity contribution is 6.42. The van der Waals surface area contributed by atoms with Gasteiger partial charge in [0.15, 0.2) is 0 Å². The number of benzene rings is 1. The van der Waals surface area contributed by atoms with E-state index in [2.05, 4.69) is 0 Å². The summed E-state index contributed by atoms with van der Waals surface area (Å²) in [6.45, 7) is 0.869. The molecule has 0 aromatic heterocycles. The fourth-order valence-corrected chi connectivity index (χ4v) is 1.65. The second-order valence-electron chi connectivity index (χ2n) is 3.53. The molecule has 0 atom stereocenters. The lowest BCUT2D eigenvalue weighted by molar-refractivity contribution is -0.145. The lowest BCUT2D eigenvalue weighted by Gasteiger charge is -2.14. The first-order valence-electron chi connectivity index (χ1n) is 5.22. The van der Waals surface area contributed by atoms with Gasteiger partial charge in [0.05, 0.1) is 10.0 Å². The van der Waals surface area contributed by atoms with Crippen LogP contribution in [0.2, 0.25) is 10.0 Å². The van der Waals surface area contributed by atoms with Gasteiger partial charge in [-0.3, -0.25) is 0 Å². The lowest BCUT2D eigenvalue weighted by Crippen LogP contribution is -2.17. The van der Waals surface area contributed by atoms with Gasteiger partial charge in [-0.25, -0.2) is 4.79 Å². The largest absolute Gasteiger partial charge is 0.493 e. The Hall–Kier alpha value is -1.39. The molecule has 0 radical (unpaired) electrons. The number of esters is 1. The van der Waals surface area contributed by atoms with Crippen LogP contribution in [-0.2, 0) is 25.6 Å².